The molecule has 31 heavy (non-hydrogen) atoms. The van der Waals surface area contributed by atoms with Crippen molar-refractivity contribution >= 4 is 29.1 Å². The fourth-order valence-corrected chi connectivity index (χ4v) is 4.70. The highest BCUT2D eigenvalue weighted by molar-refractivity contribution is 7.12. The lowest BCUT2D eigenvalue weighted by molar-refractivity contribution is -0.133. The normalized spacial score (nSPS) is 17.7. The molecule has 1 aliphatic carbocycles. The van der Waals surface area contributed by atoms with Crippen LogP contribution in [0.1, 0.15) is 47.3 Å². The summed E-state index contributed by atoms with van der Waals surface area (Å²) in [7, 11) is 0. The van der Waals surface area contributed by atoms with Crippen molar-refractivity contribution in [3.05, 3.63) is 58.3 Å². The van der Waals surface area contributed by atoms with Gasteiger partial charge in [0.25, 0.3) is 5.91 Å². The molecule has 1 aliphatic heterocycles. The van der Waals surface area contributed by atoms with Crippen LogP contribution in [0.5, 0.6) is 0 Å². The second-order valence-electron chi connectivity index (χ2n) is 8.42. The summed E-state index contributed by atoms with van der Waals surface area (Å²) in [6.45, 7) is 1.25. The molecule has 1 saturated heterocycles. The maximum Gasteiger partial charge on any atom is 0.262 e. The van der Waals surface area contributed by atoms with Crippen molar-refractivity contribution in [3.63, 3.8) is 0 Å². The molecule has 164 valence electrons. The predicted molar refractivity (Wildman–Crippen MR) is 121 cm³/mol. The van der Waals surface area contributed by atoms with Gasteiger partial charge in [0, 0.05) is 25.6 Å². The van der Waals surface area contributed by atoms with Crippen molar-refractivity contribution in [1.82, 2.24) is 15.5 Å². The quantitative estimate of drug-likeness (QED) is 0.664. The number of thiophene rings is 1. The van der Waals surface area contributed by atoms with E-state index < -0.39 is 6.04 Å². The second kappa shape index (κ2) is 10.1. The molecule has 7 heteroatoms. The average Bonchev–Trinajstić information content (AvgIpc) is 3.44. The molecule has 1 saturated carbocycles. The molecule has 4 rings (SSSR count). The highest BCUT2D eigenvalue weighted by Crippen LogP contribution is 2.25. The average molecular weight is 440 g/mol. The van der Waals surface area contributed by atoms with Gasteiger partial charge in [-0.2, -0.15) is 0 Å². The van der Waals surface area contributed by atoms with Crippen molar-refractivity contribution < 1.29 is 14.4 Å². The summed E-state index contributed by atoms with van der Waals surface area (Å²) >= 11 is 1.37. The van der Waals surface area contributed by atoms with Crippen molar-refractivity contribution in [2.45, 2.75) is 50.6 Å². The summed E-state index contributed by atoms with van der Waals surface area (Å²) in [6.07, 6.45) is 4.67. The molecule has 2 heterocycles. The zero-order chi connectivity index (χ0) is 21.6. The zero-order valence-corrected chi connectivity index (χ0v) is 18.4. The number of nitrogens with one attached hydrogen (secondary N) is 2. The second-order valence-corrected chi connectivity index (χ2v) is 9.36. The molecule has 0 bridgehead atoms. The van der Waals surface area contributed by atoms with Crippen LogP contribution in [0.15, 0.2) is 47.8 Å². The Hall–Kier alpha value is -2.67. The lowest BCUT2D eigenvalue weighted by Gasteiger charge is -2.36. The van der Waals surface area contributed by atoms with Crippen LogP contribution in [0.3, 0.4) is 0 Å². The fourth-order valence-electron chi connectivity index (χ4n) is 4.07. The topological polar surface area (TPSA) is 78.5 Å². The Morgan fingerprint density at radius 1 is 1.00 bits per heavy atom. The van der Waals surface area contributed by atoms with E-state index in [1.54, 1.807) is 6.07 Å². The minimum atomic E-state index is -0.559. The van der Waals surface area contributed by atoms with Crippen LogP contribution in [0.4, 0.5) is 0 Å². The highest BCUT2D eigenvalue weighted by Gasteiger charge is 2.36. The van der Waals surface area contributed by atoms with E-state index in [4.69, 9.17) is 0 Å². The first-order chi connectivity index (χ1) is 15.1. The van der Waals surface area contributed by atoms with Gasteiger partial charge in [0.1, 0.15) is 6.04 Å². The van der Waals surface area contributed by atoms with Gasteiger partial charge in [0.2, 0.25) is 11.8 Å². The number of carbonyl (C=O) groups is 3. The monoisotopic (exact) mass is 439 g/mol. The van der Waals surface area contributed by atoms with Crippen molar-refractivity contribution in [3.8, 4) is 0 Å². The molecule has 2 aromatic rings. The molecular formula is C24H29N3O3S. The van der Waals surface area contributed by atoms with Gasteiger partial charge in [0.05, 0.1) is 4.88 Å². The highest BCUT2D eigenvalue weighted by atomic mass is 32.1. The molecule has 1 aromatic heterocycles. The summed E-state index contributed by atoms with van der Waals surface area (Å²) in [5, 5.41) is 7.87. The minimum absolute atomic E-state index is 0.0286. The lowest BCUT2D eigenvalue weighted by atomic mass is 9.88. The van der Waals surface area contributed by atoms with Crippen LogP contribution < -0.4 is 10.6 Å². The number of amides is 3. The van der Waals surface area contributed by atoms with Crippen LogP contribution in [-0.2, 0) is 16.0 Å². The smallest absolute Gasteiger partial charge is 0.262 e. The lowest BCUT2D eigenvalue weighted by Crippen LogP contribution is -2.54. The van der Waals surface area contributed by atoms with Gasteiger partial charge in [-0.05, 0) is 55.0 Å². The third kappa shape index (κ3) is 5.94. The van der Waals surface area contributed by atoms with Crippen LogP contribution in [0.25, 0.3) is 0 Å². The van der Waals surface area contributed by atoms with Gasteiger partial charge < -0.3 is 15.5 Å². The number of aryl methyl sites for hydroxylation is 1. The summed E-state index contributed by atoms with van der Waals surface area (Å²) in [4.78, 5) is 40.6. The first-order valence-corrected chi connectivity index (χ1v) is 11.9. The van der Waals surface area contributed by atoms with E-state index >= 15 is 0 Å². The Labute approximate surface area is 187 Å². The molecule has 0 radical (unpaired) electrons. The summed E-state index contributed by atoms with van der Waals surface area (Å²) in [5.74, 6) is -0.113. The van der Waals surface area contributed by atoms with E-state index in [1.807, 2.05) is 46.7 Å². The van der Waals surface area contributed by atoms with Gasteiger partial charge in [-0.1, -0.05) is 36.4 Å². The Morgan fingerprint density at radius 3 is 2.39 bits per heavy atom. The third-order valence-corrected chi connectivity index (χ3v) is 6.94. The van der Waals surface area contributed by atoms with Crippen molar-refractivity contribution in [2.75, 3.05) is 13.1 Å². The van der Waals surface area contributed by atoms with E-state index in [1.165, 1.54) is 16.9 Å². The third-order valence-electron chi connectivity index (χ3n) is 6.07. The number of nitrogens with zero attached hydrogens (tertiary/aromatic N) is 1. The molecule has 2 N–H and O–H groups in total. The molecule has 1 aromatic carbocycles. The number of piperidine rings is 1. The number of hydrogen-bond donors (Lipinski definition) is 2. The Balaban J connectivity index is 1.32. The van der Waals surface area contributed by atoms with E-state index in [9.17, 15) is 14.4 Å². The largest absolute Gasteiger partial charge is 0.352 e. The van der Waals surface area contributed by atoms with Crippen molar-refractivity contribution in [1.29, 1.82) is 0 Å². The molecule has 0 unspecified atom stereocenters. The molecule has 2 fully saturated rings. The molecule has 0 spiro atoms. The maximum absolute atomic E-state index is 12.9. The van der Waals surface area contributed by atoms with E-state index in [2.05, 4.69) is 10.6 Å². The van der Waals surface area contributed by atoms with Gasteiger partial charge in [0.15, 0.2) is 0 Å². The molecule has 6 nitrogen and oxygen atoms in total. The van der Waals surface area contributed by atoms with Gasteiger partial charge in [-0.3, -0.25) is 14.4 Å². The van der Waals surface area contributed by atoms with Crippen LogP contribution in [-0.4, -0.2) is 47.8 Å². The number of hydrogen-bond acceptors (Lipinski definition) is 4. The van der Waals surface area contributed by atoms with E-state index in [0.29, 0.717) is 37.2 Å². The Bertz CT molecular complexity index is 888. The van der Waals surface area contributed by atoms with E-state index in [0.717, 1.165) is 19.3 Å². The number of benzene rings is 1. The maximum atomic E-state index is 12.9. The number of likely N-dealkylation sites (tertiary alicyclic amines) is 1. The standard InChI is InChI=1S/C24H29N3O3S/c28-21(11-8-17-5-2-1-3-6-17)27-14-12-18(13-15-27)22(24(30)25-19-9-10-19)26-23(29)20-7-4-16-31-20/h1-7,16,18-19,22H,8-15H2,(H,25,30)(H,26,29)/t22-/m1/s1. The first-order valence-electron chi connectivity index (χ1n) is 11.1. The summed E-state index contributed by atoms with van der Waals surface area (Å²) in [6, 6.07) is 13.3. The summed E-state index contributed by atoms with van der Waals surface area (Å²) < 4.78 is 0. The van der Waals surface area contributed by atoms with Crippen LogP contribution in [0.2, 0.25) is 0 Å². The Morgan fingerprint density at radius 2 is 1.74 bits per heavy atom. The SMILES string of the molecule is O=C(N[C@@H](C(=O)NC1CC1)C1CCN(C(=O)CCc2ccccc2)CC1)c1cccs1. The summed E-state index contributed by atoms with van der Waals surface area (Å²) in [5.41, 5.74) is 1.17. The van der Waals surface area contributed by atoms with Gasteiger partial charge in [-0.15, -0.1) is 11.3 Å². The minimum Gasteiger partial charge on any atom is -0.352 e. The van der Waals surface area contributed by atoms with E-state index in [-0.39, 0.29) is 29.7 Å². The molecule has 3 amide bonds. The fraction of sp³-hybridized carbons (Fsp3) is 0.458. The van der Waals surface area contributed by atoms with Gasteiger partial charge >= 0.3 is 0 Å². The first kappa shape index (κ1) is 21.6. The number of carbonyl (C=O) groups excluding carboxylic acids is 3. The van der Waals surface area contributed by atoms with Crippen LogP contribution in [0, 0.1) is 5.92 Å². The van der Waals surface area contributed by atoms with Crippen molar-refractivity contribution in [2.24, 2.45) is 5.92 Å². The molecule has 2 aliphatic rings. The van der Waals surface area contributed by atoms with Crippen LogP contribution >= 0.6 is 11.3 Å². The predicted octanol–water partition coefficient (Wildman–Crippen LogP) is 3.00. The number of rotatable bonds is 8. The zero-order valence-electron chi connectivity index (χ0n) is 17.6. The van der Waals surface area contributed by atoms with Gasteiger partial charge in [-0.25, -0.2) is 0 Å². The Kier molecular flexibility index (Phi) is 7.02. The molecule has 1 atom stereocenters. The molecular weight excluding hydrogens is 410 g/mol.